The van der Waals surface area contributed by atoms with Crippen molar-refractivity contribution in [2.45, 2.75) is 33.2 Å². The molecule has 3 atom stereocenters. The van der Waals surface area contributed by atoms with E-state index in [2.05, 4.69) is 50.9 Å². The molecule has 0 radical (unpaired) electrons. The van der Waals surface area contributed by atoms with Crippen LogP contribution in [0.3, 0.4) is 0 Å². The van der Waals surface area contributed by atoms with E-state index in [1.807, 2.05) is 0 Å². The van der Waals surface area contributed by atoms with Crippen molar-refractivity contribution in [3.05, 3.63) is 34.9 Å². The largest absolute Gasteiger partial charge is 0.323 e. The maximum atomic E-state index is 6.30. The maximum absolute atomic E-state index is 6.30. The monoisotopic (exact) mass is 246 g/mol. The van der Waals surface area contributed by atoms with Gasteiger partial charge in [-0.05, 0) is 55.8 Å². The highest BCUT2D eigenvalue weighted by atomic mass is 15.1. The van der Waals surface area contributed by atoms with Crippen LogP contribution >= 0.6 is 0 Å². The van der Waals surface area contributed by atoms with Gasteiger partial charge < -0.3 is 10.6 Å². The zero-order chi connectivity index (χ0) is 13.3. The van der Waals surface area contributed by atoms with Crippen LogP contribution in [0.1, 0.15) is 36.1 Å². The van der Waals surface area contributed by atoms with E-state index < -0.39 is 0 Å². The van der Waals surface area contributed by atoms with E-state index in [0.717, 1.165) is 18.4 Å². The average molecular weight is 246 g/mol. The van der Waals surface area contributed by atoms with E-state index in [9.17, 15) is 0 Å². The molecule has 2 rings (SSSR count). The Bertz CT molecular complexity index is 414. The van der Waals surface area contributed by atoms with Gasteiger partial charge in [0, 0.05) is 19.1 Å². The average Bonchev–Trinajstić information content (AvgIpc) is 2.97. The zero-order valence-electron chi connectivity index (χ0n) is 12.1. The predicted octanol–water partition coefficient (Wildman–Crippen LogP) is 2.89. The third-order valence-corrected chi connectivity index (χ3v) is 4.29. The molecule has 1 aromatic rings. The van der Waals surface area contributed by atoms with Gasteiger partial charge in [0.25, 0.3) is 0 Å². The minimum Gasteiger partial charge on any atom is -0.323 e. The normalized spacial score (nSPS) is 24.3. The zero-order valence-corrected chi connectivity index (χ0v) is 12.1. The second-order valence-corrected chi connectivity index (χ2v) is 6.14. The molecule has 2 nitrogen and oxygen atoms in total. The van der Waals surface area contributed by atoms with Gasteiger partial charge in [0.2, 0.25) is 0 Å². The first-order valence-corrected chi connectivity index (χ1v) is 6.98. The molecule has 18 heavy (non-hydrogen) atoms. The van der Waals surface area contributed by atoms with Crippen LogP contribution in [0.4, 0.5) is 0 Å². The van der Waals surface area contributed by atoms with Crippen molar-refractivity contribution in [3.63, 3.8) is 0 Å². The minimum absolute atomic E-state index is 0.128. The van der Waals surface area contributed by atoms with E-state index in [0.29, 0.717) is 0 Å². The van der Waals surface area contributed by atoms with Gasteiger partial charge >= 0.3 is 0 Å². The number of likely N-dealkylation sites (N-methyl/N-ethyl adjacent to an activating group) is 1. The van der Waals surface area contributed by atoms with E-state index >= 15 is 0 Å². The molecule has 0 aromatic heterocycles. The highest BCUT2D eigenvalue weighted by molar-refractivity contribution is 5.31. The number of nitrogens with two attached hydrogens (primary N) is 1. The Morgan fingerprint density at radius 3 is 2.56 bits per heavy atom. The molecule has 1 aliphatic carbocycles. The molecule has 0 spiro atoms. The molecule has 0 saturated heterocycles. The van der Waals surface area contributed by atoms with Gasteiger partial charge in [-0.2, -0.15) is 0 Å². The first-order valence-electron chi connectivity index (χ1n) is 6.98. The molecule has 1 aliphatic rings. The highest BCUT2D eigenvalue weighted by Crippen LogP contribution is 2.38. The van der Waals surface area contributed by atoms with Gasteiger partial charge in [-0.1, -0.05) is 25.1 Å². The Morgan fingerprint density at radius 1 is 1.33 bits per heavy atom. The van der Waals surface area contributed by atoms with Crippen molar-refractivity contribution < 1.29 is 0 Å². The fourth-order valence-electron chi connectivity index (χ4n) is 2.56. The Hall–Kier alpha value is -0.860. The molecule has 1 fully saturated rings. The second-order valence-electron chi connectivity index (χ2n) is 6.14. The maximum Gasteiger partial charge on any atom is 0.0424 e. The molecule has 1 aromatic carbocycles. The molecule has 2 heteroatoms. The van der Waals surface area contributed by atoms with Crippen molar-refractivity contribution in [2.24, 2.45) is 17.6 Å². The molecule has 0 aliphatic heterocycles. The van der Waals surface area contributed by atoms with Crippen molar-refractivity contribution in [1.29, 1.82) is 0 Å². The molecule has 100 valence electrons. The molecule has 0 bridgehead atoms. The second kappa shape index (κ2) is 5.41. The number of aryl methyl sites for hydroxylation is 2. The third kappa shape index (κ3) is 3.33. The fourth-order valence-corrected chi connectivity index (χ4v) is 2.56. The standard InChI is InChI=1S/C16H26N2/c1-11-5-6-14(7-12(11)2)16(17)10-18(4)9-15-8-13(15)3/h5-7,13,15-16H,8-10,17H2,1-4H3. The van der Waals surface area contributed by atoms with Gasteiger partial charge in [-0.25, -0.2) is 0 Å². The molecule has 0 heterocycles. The number of hydrogen-bond acceptors (Lipinski definition) is 2. The lowest BCUT2D eigenvalue weighted by Crippen LogP contribution is -2.30. The van der Waals surface area contributed by atoms with Crippen LogP contribution in [0, 0.1) is 25.7 Å². The summed E-state index contributed by atoms with van der Waals surface area (Å²) in [6, 6.07) is 6.70. The fraction of sp³-hybridized carbons (Fsp3) is 0.625. The topological polar surface area (TPSA) is 29.3 Å². The van der Waals surface area contributed by atoms with Crippen LogP contribution < -0.4 is 5.73 Å². The SMILES string of the molecule is Cc1ccc(C(N)CN(C)CC2CC2C)cc1C. The van der Waals surface area contributed by atoms with Crippen LogP contribution in [-0.4, -0.2) is 25.0 Å². The van der Waals surface area contributed by atoms with Gasteiger partial charge in [0.1, 0.15) is 0 Å². The summed E-state index contributed by atoms with van der Waals surface area (Å²) in [7, 11) is 2.19. The van der Waals surface area contributed by atoms with E-state index in [4.69, 9.17) is 5.73 Å². The lowest BCUT2D eigenvalue weighted by atomic mass is 10.0. The lowest BCUT2D eigenvalue weighted by molar-refractivity contribution is 0.296. The summed E-state index contributed by atoms with van der Waals surface area (Å²) in [5.74, 6) is 1.83. The van der Waals surface area contributed by atoms with Crippen LogP contribution in [0.5, 0.6) is 0 Å². The van der Waals surface area contributed by atoms with Crippen molar-refractivity contribution in [1.82, 2.24) is 4.90 Å². The van der Waals surface area contributed by atoms with Crippen LogP contribution in [0.25, 0.3) is 0 Å². The molecule has 0 amide bonds. The molecule has 3 unspecified atom stereocenters. The molecular formula is C16H26N2. The van der Waals surface area contributed by atoms with Crippen LogP contribution in [0.2, 0.25) is 0 Å². The minimum atomic E-state index is 0.128. The van der Waals surface area contributed by atoms with Gasteiger partial charge in [-0.15, -0.1) is 0 Å². The number of hydrogen-bond donors (Lipinski definition) is 1. The van der Waals surface area contributed by atoms with E-state index in [1.165, 1.54) is 29.7 Å². The Morgan fingerprint density at radius 2 is 2.00 bits per heavy atom. The lowest BCUT2D eigenvalue weighted by Gasteiger charge is -2.22. The molecule has 2 N–H and O–H groups in total. The first kappa shape index (κ1) is 13.6. The van der Waals surface area contributed by atoms with Crippen molar-refractivity contribution in [3.8, 4) is 0 Å². The van der Waals surface area contributed by atoms with Crippen molar-refractivity contribution in [2.75, 3.05) is 20.1 Å². The summed E-state index contributed by atoms with van der Waals surface area (Å²) in [5, 5.41) is 0. The Balaban J connectivity index is 1.89. The van der Waals surface area contributed by atoms with Gasteiger partial charge in [0.15, 0.2) is 0 Å². The van der Waals surface area contributed by atoms with Gasteiger partial charge in [0.05, 0.1) is 0 Å². The van der Waals surface area contributed by atoms with E-state index in [-0.39, 0.29) is 6.04 Å². The summed E-state index contributed by atoms with van der Waals surface area (Å²) in [5.41, 5.74) is 10.2. The number of benzene rings is 1. The Kier molecular flexibility index (Phi) is 4.08. The quantitative estimate of drug-likeness (QED) is 0.865. The smallest absolute Gasteiger partial charge is 0.0424 e. The van der Waals surface area contributed by atoms with E-state index in [1.54, 1.807) is 0 Å². The van der Waals surface area contributed by atoms with Crippen molar-refractivity contribution >= 4 is 0 Å². The molecule has 1 saturated carbocycles. The number of nitrogens with zero attached hydrogens (tertiary/aromatic N) is 1. The van der Waals surface area contributed by atoms with Crippen LogP contribution in [0.15, 0.2) is 18.2 Å². The number of rotatable bonds is 5. The van der Waals surface area contributed by atoms with Gasteiger partial charge in [-0.3, -0.25) is 0 Å². The van der Waals surface area contributed by atoms with Crippen LogP contribution in [-0.2, 0) is 0 Å². The first-order chi connectivity index (χ1) is 8.47. The highest BCUT2D eigenvalue weighted by Gasteiger charge is 2.33. The summed E-state index contributed by atoms with van der Waals surface area (Å²) in [6.07, 6.45) is 1.39. The summed E-state index contributed by atoms with van der Waals surface area (Å²) in [6.45, 7) is 8.78. The third-order valence-electron chi connectivity index (χ3n) is 4.29. The summed E-state index contributed by atoms with van der Waals surface area (Å²) < 4.78 is 0. The predicted molar refractivity (Wildman–Crippen MR) is 77.6 cm³/mol. The summed E-state index contributed by atoms with van der Waals surface area (Å²) in [4.78, 5) is 2.38. The Labute approximate surface area is 111 Å². The summed E-state index contributed by atoms with van der Waals surface area (Å²) >= 11 is 0. The molecular weight excluding hydrogens is 220 g/mol.